The zero-order valence-electron chi connectivity index (χ0n) is 34.6. The van der Waals surface area contributed by atoms with E-state index in [2.05, 4.69) is 35.5 Å². The normalized spacial score (nSPS) is 11.3. The Balaban J connectivity index is 0.000000185. The lowest BCUT2D eigenvalue weighted by Gasteiger charge is -2.04. The van der Waals surface area contributed by atoms with Crippen LogP contribution in [0, 0.1) is 27.7 Å². The highest BCUT2D eigenvalue weighted by Gasteiger charge is 2.25. The highest BCUT2D eigenvalue weighted by atomic mass is 32.1. The van der Waals surface area contributed by atoms with Gasteiger partial charge in [0.2, 0.25) is 11.8 Å². The Morgan fingerprint density at radius 3 is 1.62 bits per heavy atom. The summed E-state index contributed by atoms with van der Waals surface area (Å²) in [5.41, 5.74) is 9.31. The van der Waals surface area contributed by atoms with Gasteiger partial charge in [0.25, 0.3) is 0 Å². The molecule has 0 spiro atoms. The molecule has 0 amide bonds. The summed E-state index contributed by atoms with van der Waals surface area (Å²) in [5, 5.41) is 21.4. The number of nitrogens with zero attached hydrogens (tertiary/aromatic N) is 9. The second-order valence-corrected chi connectivity index (χ2v) is 15.3. The van der Waals surface area contributed by atoms with Gasteiger partial charge in [-0.1, -0.05) is 0 Å². The van der Waals surface area contributed by atoms with E-state index < -0.39 is 18.5 Å². The van der Waals surface area contributed by atoms with Crippen molar-refractivity contribution in [1.82, 2.24) is 49.2 Å². The molecule has 0 saturated heterocycles. The molecule has 0 atom stereocenters. The lowest BCUT2D eigenvalue weighted by Crippen LogP contribution is -2.05. The molecule has 318 valence electrons. The number of pyridine rings is 2. The molecule has 0 saturated carbocycles. The van der Waals surface area contributed by atoms with Crippen LogP contribution in [-0.2, 0) is 9.47 Å². The maximum Gasteiger partial charge on any atom is 0.354 e. The molecule has 0 fully saturated rings. The molecular weight excluding hydrogens is 831 g/mol. The molecule has 20 heteroatoms. The molecule has 0 aromatic carbocycles. The maximum atomic E-state index is 13.3. The number of esters is 2. The number of aryl methyl sites for hydroxylation is 3. The molecule has 16 nitrogen and oxygen atoms in total. The number of halogens is 2. The number of H-pyrrole nitrogens is 1. The van der Waals surface area contributed by atoms with Crippen molar-refractivity contribution >= 4 is 45.6 Å². The molecule has 0 unspecified atom stereocenters. The Hall–Kier alpha value is -6.54. The number of hydrogen-bond acceptors (Lipinski definition) is 14. The summed E-state index contributed by atoms with van der Waals surface area (Å²) in [7, 11) is 0. The largest absolute Gasteiger partial charge is 0.477 e. The fourth-order valence-electron chi connectivity index (χ4n) is 6.78. The van der Waals surface area contributed by atoms with Gasteiger partial charge in [0.15, 0.2) is 9.75 Å². The Kier molecular flexibility index (Phi) is 12.5. The third-order valence-corrected chi connectivity index (χ3v) is 11.5. The van der Waals surface area contributed by atoms with Crippen LogP contribution in [-0.4, -0.2) is 87.5 Å². The Bertz CT molecular complexity index is 2850. The number of carbonyl (C=O) groups is 2. The second kappa shape index (κ2) is 18.0. The van der Waals surface area contributed by atoms with E-state index >= 15 is 0 Å². The summed E-state index contributed by atoms with van der Waals surface area (Å²) < 4.78 is 52.1. The molecule has 1 N–H and O–H groups in total. The molecule has 0 aliphatic heterocycles. The molecule has 0 aliphatic carbocycles. The van der Waals surface area contributed by atoms with Crippen molar-refractivity contribution in [1.29, 1.82) is 0 Å². The lowest BCUT2D eigenvalue weighted by atomic mass is 10.0. The molecule has 8 rings (SSSR count). The van der Waals surface area contributed by atoms with Gasteiger partial charge in [-0.05, 0) is 79.7 Å². The number of ether oxygens (including phenoxy) is 4. The molecule has 0 aliphatic rings. The zero-order valence-corrected chi connectivity index (χ0v) is 36.2. The predicted octanol–water partition coefficient (Wildman–Crippen LogP) is 8.95. The summed E-state index contributed by atoms with van der Waals surface area (Å²) in [6.07, 6.45) is 7.10. The topological polar surface area (TPSA) is 178 Å². The third kappa shape index (κ3) is 8.32. The monoisotopic (exact) mass is 872 g/mol. The summed E-state index contributed by atoms with van der Waals surface area (Å²) in [4.78, 5) is 34.3. The van der Waals surface area contributed by atoms with Gasteiger partial charge in [-0.25, -0.2) is 33.3 Å². The minimum atomic E-state index is -2.73. The highest BCUT2D eigenvalue weighted by Crippen LogP contribution is 2.38. The van der Waals surface area contributed by atoms with Crippen molar-refractivity contribution < 1.29 is 37.3 Å². The molecule has 0 bridgehead atoms. The number of fused-ring (bicyclic) bond motifs is 2. The van der Waals surface area contributed by atoms with Gasteiger partial charge in [-0.2, -0.15) is 29.2 Å². The fraction of sp³-hybridized carbons (Fsp3) is 0.317. The van der Waals surface area contributed by atoms with Crippen molar-refractivity contribution in [3.05, 3.63) is 81.6 Å². The van der Waals surface area contributed by atoms with Crippen LogP contribution in [0.3, 0.4) is 0 Å². The van der Waals surface area contributed by atoms with E-state index in [-0.39, 0.29) is 12.5 Å². The second-order valence-electron chi connectivity index (χ2n) is 13.3. The lowest BCUT2D eigenvalue weighted by molar-refractivity contribution is 0.0517. The van der Waals surface area contributed by atoms with Crippen molar-refractivity contribution in [3.63, 3.8) is 0 Å². The molecule has 61 heavy (non-hydrogen) atoms. The van der Waals surface area contributed by atoms with Crippen LogP contribution in [0.2, 0.25) is 0 Å². The van der Waals surface area contributed by atoms with Crippen LogP contribution >= 0.6 is 22.7 Å². The first-order valence-corrected chi connectivity index (χ1v) is 20.9. The van der Waals surface area contributed by atoms with E-state index in [4.69, 9.17) is 18.9 Å². The van der Waals surface area contributed by atoms with Crippen molar-refractivity contribution in [3.8, 4) is 55.2 Å². The van der Waals surface area contributed by atoms with E-state index in [1.54, 1.807) is 44.6 Å². The number of carbonyl (C=O) groups excluding carboxylic acids is 2. The Morgan fingerprint density at radius 2 is 1.21 bits per heavy atom. The summed E-state index contributed by atoms with van der Waals surface area (Å²) >= 11 is 2.43. The zero-order chi connectivity index (χ0) is 43.5. The number of aromatic nitrogens is 10. The van der Waals surface area contributed by atoms with E-state index in [9.17, 15) is 18.4 Å². The minimum Gasteiger partial charge on any atom is -0.477 e. The van der Waals surface area contributed by atoms with Crippen LogP contribution in [0.1, 0.15) is 76.4 Å². The van der Waals surface area contributed by atoms with Crippen molar-refractivity contribution in [2.45, 2.75) is 61.9 Å². The summed E-state index contributed by atoms with van der Waals surface area (Å²) in [6.45, 7) is 13.0. The van der Waals surface area contributed by atoms with E-state index in [0.29, 0.717) is 78.2 Å². The molecule has 8 aromatic rings. The Labute approximate surface area is 356 Å². The van der Waals surface area contributed by atoms with Gasteiger partial charge >= 0.3 is 18.5 Å². The maximum absolute atomic E-state index is 13.3. The van der Waals surface area contributed by atoms with Gasteiger partial charge in [-0.3, -0.25) is 5.10 Å². The summed E-state index contributed by atoms with van der Waals surface area (Å²) in [6, 6.07) is 7.60. The number of thiazole rings is 2. The van der Waals surface area contributed by atoms with Gasteiger partial charge < -0.3 is 18.9 Å². The number of aromatic amines is 1. The van der Waals surface area contributed by atoms with E-state index in [1.807, 2.05) is 68.9 Å². The predicted molar refractivity (Wildman–Crippen MR) is 226 cm³/mol. The van der Waals surface area contributed by atoms with Crippen molar-refractivity contribution in [2.75, 3.05) is 26.4 Å². The fourth-order valence-corrected chi connectivity index (χ4v) is 8.58. The van der Waals surface area contributed by atoms with Crippen LogP contribution in [0.5, 0.6) is 11.8 Å². The average Bonchev–Trinajstić information content (AvgIpc) is 4.10. The van der Waals surface area contributed by atoms with Crippen LogP contribution in [0.25, 0.3) is 54.4 Å². The van der Waals surface area contributed by atoms with Crippen LogP contribution in [0.15, 0.2) is 49.1 Å². The third-order valence-electron chi connectivity index (χ3n) is 9.39. The average molecular weight is 873 g/mol. The smallest absolute Gasteiger partial charge is 0.354 e. The number of hydrogen-bond donors (Lipinski definition) is 1. The first kappa shape index (κ1) is 42.6. The molecule has 8 aromatic heterocycles. The standard InChI is InChI=1S/C21H21F2N5O3S.C20H21N5O3S/c1-5-30-18-17(20(29)31-6-2)32-19(25-18)13-7-8-27-15(9-13)14(10-24-27)16-11(3)26-28(12(16)4)21(22)23;1-5-27-18-17(20(26)28-6-2)29-19(22-18)13-7-8-25-15(9-13)14(10-21-25)16-11(3)23-24-12(16)4/h7-10,21H,5-6H2,1-4H3;7-10H,5-6H2,1-4H3,(H,23,24). The van der Waals surface area contributed by atoms with Gasteiger partial charge in [-0.15, -0.1) is 22.7 Å². The number of rotatable bonds is 13. The van der Waals surface area contributed by atoms with Crippen LogP contribution in [0.4, 0.5) is 8.78 Å². The first-order valence-electron chi connectivity index (χ1n) is 19.3. The van der Waals surface area contributed by atoms with E-state index in [0.717, 1.165) is 39.2 Å². The van der Waals surface area contributed by atoms with Crippen molar-refractivity contribution in [2.24, 2.45) is 0 Å². The SMILES string of the molecule is CCOC(=O)c1sc(-c2ccn3ncc(-c4c(C)n[nH]c4C)c3c2)nc1OCC.CCOC(=O)c1sc(-c2ccn3ncc(-c4c(C)nn(C(F)F)c4C)c3c2)nc1OCC. The first-order chi connectivity index (χ1) is 29.4. The Morgan fingerprint density at radius 1 is 0.721 bits per heavy atom. The molecular formula is C41H42F2N10O6S2. The molecule has 0 radical (unpaired) electrons. The molecule has 8 heterocycles. The van der Waals surface area contributed by atoms with Gasteiger partial charge in [0.05, 0.1) is 61.2 Å². The van der Waals surface area contributed by atoms with E-state index in [1.165, 1.54) is 22.7 Å². The number of alkyl halides is 2. The summed E-state index contributed by atoms with van der Waals surface area (Å²) in [5.74, 6) is -0.377. The number of nitrogens with one attached hydrogen (secondary N) is 1. The van der Waals surface area contributed by atoms with Crippen LogP contribution < -0.4 is 9.47 Å². The minimum absolute atomic E-state index is 0.226. The quantitative estimate of drug-likeness (QED) is 0.109. The highest BCUT2D eigenvalue weighted by molar-refractivity contribution is 7.17. The van der Waals surface area contributed by atoms with Gasteiger partial charge in [0, 0.05) is 57.2 Å². The van der Waals surface area contributed by atoms with Gasteiger partial charge in [0.1, 0.15) is 10.0 Å².